The molecular formula is C17H22. The van der Waals surface area contributed by atoms with Gasteiger partial charge in [-0.3, -0.25) is 0 Å². The second-order valence-electron chi connectivity index (χ2n) is 4.00. The highest BCUT2D eigenvalue weighted by Crippen LogP contribution is 2.24. The number of hydrogen-bond donors (Lipinski definition) is 0. The quantitative estimate of drug-likeness (QED) is 0.635. The van der Waals surface area contributed by atoms with Crippen molar-refractivity contribution in [1.82, 2.24) is 0 Å². The van der Waals surface area contributed by atoms with Crippen molar-refractivity contribution in [3.05, 3.63) is 53.1 Å². The van der Waals surface area contributed by atoms with Crippen LogP contribution in [-0.2, 0) is 6.42 Å². The third-order valence-corrected chi connectivity index (χ3v) is 2.87. The topological polar surface area (TPSA) is 0 Å². The zero-order valence-electron chi connectivity index (χ0n) is 11.2. The molecule has 0 heteroatoms. The molecule has 90 valence electrons. The van der Waals surface area contributed by atoms with Gasteiger partial charge in [0.25, 0.3) is 0 Å². The third kappa shape index (κ3) is 3.20. The Hall–Kier alpha value is -1.56. The molecule has 0 amide bonds. The molecule has 0 radical (unpaired) electrons. The van der Waals surface area contributed by atoms with Crippen molar-refractivity contribution in [3.8, 4) is 0 Å². The van der Waals surface area contributed by atoms with Gasteiger partial charge >= 0.3 is 0 Å². The van der Waals surface area contributed by atoms with E-state index >= 15 is 0 Å². The maximum atomic E-state index is 3.89. The van der Waals surface area contributed by atoms with Crippen molar-refractivity contribution < 1.29 is 0 Å². The molecule has 0 aliphatic carbocycles. The van der Waals surface area contributed by atoms with Gasteiger partial charge in [-0.05, 0) is 42.0 Å². The van der Waals surface area contributed by atoms with E-state index in [1.54, 1.807) is 0 Å². The van der Waals surface area contributed by atoms with Gasteiger partial charge < -0.3 is 0 Å². The van der Waals surface area contributed by atoms with Crippen LogP contribution in [0.4, 0.5) is 0 Å². The van der Waals surface area contributed by atoms with E-state index in [-0.39, 0.29) is 0 Å². The first-order valence-corrected chi connectivity index (χ1v) is 6.35. The zero-order valence-corrected chi connectivity index (χ0v) is 11.2. The van der Waals surface area contributed by atoms with Crippen LogP contribution in [0.25, 0.3) is 18.2 Å². The minimum atomic E-state index is 1.05. The van der Waals surface area contributed by atoms with Crippen molar-refractivity contribution in [2.24, 2.45) is 0 Å². The van der Waals surface area contributed by atoms with Crippen molar-refractivity contribution in [3.63, 3.8) is 0 Å². The lowest BCUT2D eigenvalue weighted by Crippen LogP contribution is -1.94. The zero-order chi connectivity index (χ0) is 12.7. The Labute approximate surface area is 105 Å². The molecule has 0 bridgehead atoms. The number of allylic oxidation sites excluding steroid dienone is 2. The molecule has 1 rings (SSSR count). The molecule has 0 saturated heterocycles. The van der Waals surface area contributed by atoms with Crippen LogP contribution in [-0.4, -0.2) is 0 Å². The number of hydrogen-bond acceptors (Lipinski definition) is 0. The minimum Gasteiger partial charge on any atom is -0.0984 e. The Morgan fingerprint density at radius 2 is 1.82 bits per heavy atom. The minimum absolute atomic E-state index is 1.05. The van der Waals surface area contributed by atoms with Gasteiger partial charge in [-0.1, -0.05) is 62.9 Å². The Bertz CT molecular complexity index is 434. The van der Waals surface area contributed by atoms with E-state index in [0.29, 0.717) is 0 Å². The van der Waals surface area contributed by atoms with Gasteiger partial charge in [0, 0.05) is 0 Å². The lowest BCUT2D eigenvalue weighted by atomic mass is 9.93. The van der Waals surface area contributed by atoms with Gasteiger partial charge in [0.2, 0.25) is 0 Å². The number of rotatable bonds is 5. The molecule has 0 aliphatic heterocycles. The van der Waals surface area contributed by atoms with Crippen LogP contribution in [0.2, 0.25) is 0 Å². The summed E-state index contributed by atoms with van der Waals surface area (Å²) in [5.41, 5.74) is 5.26. The summed E-state index contributed by atoms with van der Waals surface area (Å²) < 4.78 is 0. The van der Waals surface area contributed by atoms with E-state index in [1.165, 1.54) is 22.3 Å². The van der Waals surface area contributed by atoms with E-state index in [1.807, 2.05) is 6.08 Å². The molecule has 0 fully saturated rings. The van der Waals surface area contributed by atoms with Crippen LogP contribution in [0.3, 0.4) is 0 Å². The van der Waals surface area contributed by atoms with Crippen molar-refractivity contribution in [1.29, 1.82) is 0 Å². The summed E-state index contributed by atoms with van der Waals surface area (Å²) in [7, 11) is 0. The van der Waals surface area contributed by atoms with Crippen molar-refractivity contribution in [2.75, 3.05) is 0 Å². The molecule has 0 aromatic heterocycles. The van der Waals surface area contributed by atoms with Crippen LogP contribution < -0.4 is 0 Å². The summed E-state index contributed by atoms with van der Waals surface area (Å²) in [6.07, 6.45) is 12.8. The van der Waals surface area contributed by atoms with Crippen LogP contribution in [0, 0.1) is 0 Å². The predicted octanol–water partition coefficient (Wildman–Crippen LogP) is 5.35. The molecule has 0 N–H and O–H groups in total. The van der Waals surface area contributed by atoms with Gasteiger partial charge in [-0.2, -0.15) is 0 Å². The molecular weight excluding hydrogens is 204 g/mol. The lowest BCUT2D eigenvalue weighted by molar-refractivity contribution is 1.12. The Kier molecular flexibility index (Phi) is 5.48. The van der Waals surface area contributed by atoms with Crippen LogP contribution in [0.5, 0.6) is 0 Å². The SMILES string of the molecule is C=Cc1ccc(/C=C\CC)c(CC)c1/C=C\C. The average Bonchev–Trinajstić information content (AvgIpc) is 2.36. The normalized spacial score (nSPS) is 11.5. The van der Waals surface area contributed by atoms with Crippen molar-refractivity contribution >= 4 is 18.2 Å². The molecule has 17 heavy (non-hydrogen) atoms. The van der Waals surface area contributed by atoms with Gasteiger partial charge in [0.15, 0.2) is 0 Å². The van der Waals surface area contributed by atoms with E-state index < -0.39 is 0 Å². The fourth-order valence-corrected chi connectivity index (χ4v) is 2.04. The fraction of sp³-hybridized carbons (Fsp3) is 0.294. The van der Waals surface area contributed by atoms with Gasteiger partial charge in [0.1, 0.15) is 0 Å². The van der Waals surface area contributed by atoms with E-state index in [4.69, 9.17) is 0 Å². The monoisotopic (exact) mass is 226 g/mol. The summed E-state index contributed by atoms with van der Waals surface area (Å²) >= 11 is 0. The average molecular weight is 226 g/mol. The highest BCUT2D eigenvalue weighted by molar-refractivity contribution is 5.72. The van der Waals surface area contributed by atoms with Crippen LogP contribution >= 0.6 is 0 Å². The molecule has 0 atom stereocenters. The van der Waals surface area contributed by atoms with E-state index in [0.717, 1.165) is 12.8 Å². The summed E-state index contributed by atoms with van der Waals surface area (Å²) in [4.78, 5) is 0. The second kappa shape index (κ2) is 6.90. The molecule has 0 heterocycles. The van der Waals surface area contributed by atoms with Crippen LogP contribution in [0.15, 0.2) is 30.9 Å². The first kappa shape index (κ1) is 13.5. The predicted molar refractivity (Wildman–Crippen MR) is 79.9 cm³/mol. The molecule has 0 aliphatic rings. The standard InChI is InChI=1S/C17H22/c1-5-9-11-15-13-12-14(7-3)17(10-6-2)16(15)8-4/h6-7,9-13H,3,5,8H2,1-2,4H3/b10-6-,11-9-. The lowest BCUT2D eigenvalue weighted by Gasteiger charge is -2.11. The first-order valence-electron chi connectivity index (χ1n) is 6.35. The summed E-state index contributed by atoms with van der Waals surface area (Å²) in [6, 6.07) is 4.34. The highest BCUT2D eigenvalue weighted by atomic mass is 14.1. The van der Waals surface area contributed by atoms with E-state index in [9.17, 15) is 0 Å². The Balaban J connectivity index is 3.39. The molecule has 0 nitrogen and oxygen atoms in total. The summed E-state index contributed by atoms with van der Waals surface area (Å²) in [5.74, 6) is 0. The maximum Gasteiger partial charge on any atom is -0.0150 e. The maximum absolute atomic E-state index is 3.89. The smallest absolute Gasteiger partial charge is 0.0150 e. The van der Waals surface area contributed by atoms with Gasteiger partial charge in [0.05, 0.1) is 0 Å². The molecule has 1 aromatic carbocycles. The van der Waals surface area contributed by atoms with Crippen LogP contribution in [0.1, 0.15) is 49.4 Å². The van der Waals surface area contributed by atoms with Gasteiger partial charge in [-0.15, -0.1) is 0 Å². The van der Waals surface area contributed by atoms with Gasteiger partial charge in [-0.25, -0.2) is 0 Å². The molecule has 0 saturated carbocycles. The first-order chi connectivity index (χ1) is 8.28. The summed E-state index contributed by atoms with van der Waals surface area (Å²) in [5, 5.41) is 0. The Morgan fingerprint density at radius 1 is 1.12 bits per heavy atom. The largest absolute Gasteiger partial charge is 0.0984 e. The van der Waals surface area contributed by atoms with Crippen molar-refractivity contribution in [2.45, 2.75) is 33.6 Å². The fourth-order valence-electron chi connectivity index (χ4n) is 2.04. The highest BCUT2D eigenvalue weighted by Gasteiger charge is 2.06. The van der Waals surface area contributed by atoms with E-state index in [2.05, 4.69) is 63.8 Å². The third-order valence-electron chi connectivity index (χ3n) is 2.87. The molecule has 1 aromatic rings. The Morgan fingerprint density at radius 3 is 2.35 bits per heavy atom. The summed E-state index contributed by atoms with van der Waals surface area (Å²) in [6.45, 7) is 10.3. The molecule has 0 unspecified atom stereocenters. The number of benzene rings is 1. The molecule has 0 spiro atoms. The second-order valence-corrected chi connectivity index (χ2v) is 4.00.